The topological polar surface area (TPSA) is 51.7 Å². The molecule has 0 radical (unpaired) electrons. The molecule has 28 heavy (non-hydrogen) atoms. The molecule has 1 aromatic heterocycles. The van der Waals surface area contributed by atoms with Gasteiger partial charge in [-0.15, -0.1) is 11.3 Å². The molecule has 0 N–H and O–H groups in total. The second-order valence-corrected chi connectivity index (χ2v) is 7.56. The van der Waals surface area contributed by atoms with Crippen molar-refractivity contribution in [3.8, 4) is 22.1 Å². The molecular weight excluding hydrogens is 372 g/mol. The highest BCUT2D eigenvalue weighted by Crippen LogP contribution is 2.35. The molecule has 1 amide bonds. The summed E-state index contributed by atoms with van der Waals surface area (Å²) in [5.74, 6) is 1.60. The molecule has 144 valence electrons. The van der Waals surface area contributed by atoms with E-state index in [1.165, 1.54) is 11.3 Å². The molecule has 1 atom stereocenters. The number of thiazole rings is 1. The summed E-state index contributed by atoms with van der Waals surface area (Å²) in [6.07, 6.45) is 1.94. The predicted molar refractivity (Wildman–Crippen MR) is 110 cm³/mol. The fraction of sp³-hybridized carbons (Fsp3) is 0.273. The number of ether oxygens (including phenoxy) is 2. The fourth-order valence-corrected chi connectivity index (χ4v) is 4.39. The lowest BCUT2D eigenvalue weighted by atomic mass is 10.0. The van der Waals surface area contributed by atoms with Crippen molar-refractivity contribution < 1.29 is 14.3 Å². The molecule has 0 bridgehead atoms. The zero-order valence-electron chi connectivity index (χ0n) is 15.9. The summed E-state index contributed by atoms with van der Waals surface area (Å²) >= 11 is 1.49. The van der Waals surface area contributed by atoms with Gasteiger partial charge < -0.3 is 14.4 Å². The summed E-state index contributed by atoms with van der Waals surface area (Å²) in [5, 5.41) is 2.69. The van der Waals surface area contributed by atoms with Gasteiger partial charge in [0.25, 0.3) is 5.91 Å². The van der Waals surface area contributed by atoms with Gasteiger partial charge in [0.05, 0.1) is 20.3 Å². The van der Waals surface area contributed by atoms with Gasteiger partial charge in [0, 0.05) is 17.5 Å². The van der Waals surface area contributed by atoms with Crippen LogP contribution in [0.5, 0.6) is 11.5 Å². The summed E-state index contributed by atoms with van der Waals surface area (Å²) in [7, 11) is 3.30. The van der Waals surface area contributed by atoms with Crippen LogP contribution in [0.1, 0.15) is 34.9 Å². The molecular formula is C22H22N2O3S. The predicted octanol–water partition coefficient (Wildman–Crippen LogP) is 4.80. The maximum Gasteiger partial charge on any atom is 0.273 e. The van der Waals surface area contributed by atoms with Gasteiger partial charge in [-0.2, -0.15) is 0 Å². The first-order valence-corrected chi connectivity index (χ1v) is 10.1. The minimum atomic E-state index is -0.0127. The maximum atomic E-state index is 13.1. The third-order valence-corrected chi connectivity index (χ3v) is 5.94. The van der Waals surface area contributed by atoms with Crippen LogP contribution in [0, 0.1) is 0 Å². The van der Waals surface area contributed by atoms with Crippen LogP contribution >= 0.6 is 11.3 Å². The van der Waals surface area contributed by atoms with E-state index in [0.717, 1.165) is 47.0 Å². The summed E-state index contributed by atoms with van der Waals surface area (Å²) in [4.78, 5) is 19.7. The third kappa shape index (κ3) is 3.60. The summed E-state index contributed by atoms with van der Waals surface area (Å²) < 4.78 is 10.5. The number of nitrogens with zero attached hydrogens (tertiary/aromatic N) is 2. The van der Waals surface area contributed by atoms with Crippen molar-refractivity contribution in [3.05, 3.63) is 65.2 Å². The first-order valence-electron chi connectivity index (χ1n) is 9.24. The Balaban J connectivity index is 1.55. The van der Waals surface area contributed by atoms with Gasteiger partial charge in [0.15, 0.2) is 0 Å². The van der Waals surface area contributed by atoms with Gasteiger partial charge in [0.2, 0.25) is 0 Å². The number of amides is 1. The van der Waals surface area contributed by atoms with E-state index in [0.29, 0.717) is 5.69 Å². The molecule has 0 spiro atoms. The Morgan fingerprint density at radius 2 is 1.89 bits per heavy atom. The summed E-state index contributed by atoms with van der Waals surface area (Å²) in [5.41, 5.74) is 2.59. The molecule has 0 aliphatic carbocycles. The molecule has 1 fully saturated rings. The van der Waals surface area contributed by atoms with E-state index in [2.05, 4.69) is 11.1 Å². The summed E-state index contributed by atoms with van der Waals surface area (Å²) in [6.45, 7) is 0.746. The smallest absolute Gasteiger partial charge is 0.273 e. The number of aromatic nitrogens is 1. The largest absolute Gasteiger partial charge is 0.497 e. The van der Waals surface area contributed by atoms with Crippen molar-refractivity contribution in [3.63, 3.8) is 0 Å². The van der Waals surface area contributed by atoms with Crippen molar-refractivity contribution >= 4 is 17.2 Å². The number of carbonyl (C=O) groups excluding carboxylic acids is 1. The first-order chi connectivity index (χ1) is 13.7. The van der Waals surface area contributed by atoms with Crippen LogP contribution in [0.25, 0.3) is 10.6 Å². The van der Waals surface area contributed by atoms with Crippen LogP contribution in [0.4, 0.5) is 0 Å². The highest BCUT2D eigenvalue weighted by molar-refractivity contribution is 7.13. The second-order valence-electron chi connectivity index (χ2n) is 6.70. The fourth-order valence-electron chi connectivity index (χ4n) is 3.59. The Bertz CT molecular complexity index is 968. The zero-order valence-corrected chi connectivity index (χ0v) is 16.7. The van der Waals surface area contributed by atoms with Gasteiger partial charge in [-0.3, -0.25) is 4.79 Å². The SMILES string of the molecule is COc1ccc(-c2nc(C(=O)N3CCCC3c3cccc(OC)c3)cs2)cc1. The van der Waals surface area contributed by atoms with Crippen molar-refractivity contribution in [2.45, 2.75) is 18.9 Å². The number of hydrogen-bond donors (Lipinski definition) is 0. The molecule has 4 rings (SSSR count). The number of methoxy groups -OCH3 is 2. The molecule has 6 heteroatoms. The van der Waals surface area contributed by atoms with Crippen LogP contribution in [0.2, 0.25) is 0 Å². The molecule has 2 heterocycles. The minimum absolute atomic E-state index is 0.0127. The van der Waals surface area contributed by atoms with Gasteiger partial charge in [-0.05, 0) is 54.8 Å². The highest BCUT2D eigenvalue weighted by atomic mass is 32.1. The van der Waals surface area contributed by atoms with Gasteiger partial charge in [-0.1, -0.05) is 12.1 Å². The minimum Gasteiger partial charge on any atom is -0.497 e. The molecule has 1 aliphatic rings. The Labute approximate surface area is 168 Å². The Kier molecular flexibility index (Phi) is 5.30. The third-order valence-electron chi connectivity index (χ3n) is 5.05. The van der Waals surface area contributed by atoms with Crippen LogP contribution in [0.3, 0.4) is 0 Å². The molecule has 1 saturated heterocycles. The number of hydrogen-bond acceptors (Lipinski definition) is 5. The Morgan fingerprint density at radius 1 is 1.11 bits per heavy atom. The van der Waals surface area contributed by atoms with Gasteiger partial charge in [0.1, 0.15) is 22.2 Å². The molecule has 1 aliphatic heterocycles. The summed E-state index contributed by atoms with van der Waals surface area (Å²) in [6, 6.07) is 15.7. The quantitative estimate of drug-likeness (QED) is 0.623. The Morgan fingerprint density at radius 3 is 2.64 bits per heavy atom. The highest BCUT2D eigenvalue weighted by Gasteiger charge is 2.32. The maximum absolute atomic E-state index is 13.1. The van der Waals surface area contributed by atoms with E-state index in [1.807, 2.05) is 52.7 Å². The van der Waals surface area contributed by atoms with E-state index >= 15 is 0 Å². The van der Waals surface area contributed by atoms with Crippen molar-refractivity contribution in [1.29, 1.82) is 0 Å². The van der Waals surface area contributed by atoms with Crippen LogP contribution in [-0.4, -0.2) is 36.6 Å². The van der Waals surface area contributed by atoms with Crippen molar-refractivity contribution in [2.75, 3.05) is 20.8 Å². The lowest BCUT2D eigenvalue weighted by Gasteiger charge is -2.24. The number of benzene rings is 2. The van der Waals surface area contributed by atoms with Gasteiger partial charge >= 0.3 is 0 Å². The average Bonchev–Trinajstić information content (AvgIpc) is 3.43. The molecule has 5 nitrogen and oxygen atoms in total. The van der Waals surface area contributed by atoms with E-state index in [9.17, 15) is 4.79 Å². The Hall–Kier alpha value is -2.86. The molecule has 3 aromatic rings. The monoisotopic (exact) mass is 394 g/mol. The van der Waals surface area contributed by atoms with E-state index in [1.54, 1.807) is 14.2 Å². The van der Waals surface area contributed by atoms with E-state index in [4.69, 9.17) is 9.47 Å². The lowest BCUT2D eigenvalue weighted by molar-refractivity contribution is 0.0730. The standard InChI is InChI=1S/C22H22N2O3S/c1-26-17-10-8-15(9-11-17)21-23-19(14-28-21)22(25)24-12-4-7-20(24)16-5-3-6-18(13-16)27-2/h3,5-6,8-11,13-14,20H,4,7,12H2,1-2H3. The molecule has 0 saturated carbocycles. The van der Waals surface area contributed by atoms with Crippen LogP contribution < -0.4 is 9.47 Å². The number of likely N-dealkylation sites (tertiary alicyclic amines) is 1. The molecule has 1 unspecified atom stereocenters. The second kappa shape index (κ2) is 8.02. The number of rotatable bonds is 5. The van der Waals surface area contributed by atoms with E-state index < -0.39 is 0 Å². The first kappa shape index (κ1) is 18.5. The van der Waals surface area contributed by atoms with Crippen molar-refractivity contribution in [1.82, 2.24) is 9.88 Å². The van der Waals surface area contributed by atoms with Crippen molar-refractivity contribution in [2.24, 2.45) is 0 Å². The van der Waals surface area contributed by atoms with Gasteiger partial charge in [-0.25, -0.2) is 4.98 Å². The zero-order chi connectivity index (χ0) is 19.5. The molecule has 2 aromatic carbocycles. The van der Waals surface area contributed by atoms with E-state index in [-0.39, 0.29) is 11.9 Å². The lowest BCUT2D eigenvalue weighted by Crippen LogP contribution is -2.30. The van der Waals surface area contributed by atoms with Crippen LogP contribution in [-0.2, 0) is 0 Å². The number of carbonyl (C=O) groups is 1. The van der Waals surface area contributed by atoms with Crippen LogP contribution in [0.15, 0.2) is 53.9 Å². The average molecular weight is 394 g/mol. The normalized spacial score (nSPS) is 16.2.